The number of rotatable bonds is 10. The molecule has 0 bridgehead atoms. The molecule has 300 valence electrons. The molecule has 0 radical (unpaired) electrons. The molecule has 2 saturated carbocycles. The third kappa shape index (κ3) is 6.36. The van der Waals surface area contributed by atoms with E-state index in [4.69, 9.17) is 9.47 Å². The van der Waals surface area contributed by atoms with Crippen molar-refractivity contribution in [3.63, 3.8) is 0 Å². The van der Waals surface area contributed by atoms with Crippen LogP contribution in [0, 0.1) is 0 Å². The fourth-order valence-corrected chi connectivity index (χ4v) is 9.50. The minimum Gasteiger partial charge on any atom is -0.497 e. The maximum atomic E-state index is 13.7. The van der Waals surface area contributed by atoms with Gasteiger partial charge in [0, 0.05) is 23.2 Å². The lowest BCUT2D eigenvalue weighted by atomic mass is 9.92. The molecule has 10 nitrogen and oxygen atoms in total. The summed E-state index contributed by atoms with van der Waals surface area (Å²) in [6.07, 6.45) is 1.53. The number of nitrogens with zero attached hydrogens (tertiary/aromatic N) is 2. The highest BCUT2D eigenvalue weighted by atomic mass is 16.5. The zero-order valence-electron chi connectivity index (χ0n) is 33.1. The summed E-state index contributed by atoms with van der Waals surface area (Å²) < 4.78 is 10.7. The van der Waals surface area contributed by atoms with E-state index in [0.717, 1.165) is 69.1 Å². The first-order valence-corrected chi connectivity index (χ1v) is 19.8. The Labute approximate surface area is 347 Å². The third-order valence-corrected chi connectivity index (χ3v) is 12.5. The van der Waals surface area contributed by atoms with Gasteiger partial charge in [0.2, 0.25) is 11.8 Å². The number of fused-ring (bicyclic) bond motifs is 4. The molecule has 4 atom stereocenters. The van der Waals surface area contributed by atoms with Crippen molar-refractivity contribution in [1.29, 1.82) is 0 Å². The summed E-state index contributed by atoms with van der Waals surface area (Å²) in [6.45, 7) is 0.701. The van der Waals surface area contributed by atoms with Gasteiger partial charge in [0.05, 0.1) is 49.3 Å². The van der Waals surface area contributed by atoms with E-state index in [0.29, 0.717) is 13.1 Å². The lowest BCUT2D eigenvalue weighted by molar-refractivity contribution is -0.121. The first kappa shape index (κ1) is 38.3. The second-order valence-corrected chi connectivity index (χ2v) is 15.8. The van der Waals surface area contributed by atoms with E-state index >= 15 is 0 Å². The van der Waals surface area contributed by atoms with Crippen LogP contribution in [0.3, 0.4) is 0 Å². The average Bonchev–Trinajstić information content (AvgIpc) is 4.19. The van der Waals surface area contributed by atoms with Gasteiger partial charge >= 0.3 is 11.9 Å². The number of ether oxygens (including phenoxy) is 2. The molecule has 10 heteroatoms. The molecule has 2 heterocycles. The quantitative estimate of drug-likeness (QED) is 0.141. The molecule has 0 unspecified atom stereocenters. The van der Waals surface area contributed by atoms with Gasteiger partial charge in [0.25, 0.3) is 0 Å². The minimum absolute atomic E-state index is 0.0808. The Balaban J connectivity index is 0.000000154. The van der Waals surface area contributed by atoms with Gasteiger partial charge < -0.3 is 29.5 Å². The predicted octanol–water partition coefficient (Wildman–Crippen LogP) is 8.73. The normalized spacial score (nSPS) is 21.6. The van der Waals surface area contributed by atoms with Crippen LogP contribution in [0.5, 0.6) is 11.5 Å². The highest BCUT2D eigenvalue weighted by Crippen LogP contribution is 2.67. The SMILES string of the molecule is COc1cccc([C@@H]2C[C@]23C(=O)N(Cc2cccc(C(=O)O)c2)c2ccccc23)c1.COc1cccc([C@H]2C[C@@]23C(=O)N(Cc2cccc(C(=O)O)c2)c2ccccc23)c1. The van der Waals surface area contributed by atoms with Gasteiger partial charge in [0.1, 0.15) is 11.5 Å². The van der Waals surface area contributed by atoms with E-state index in [-0.39, 0.29) is 34.8 Å². The molecule has 60 heavy (non-hydrogen) atoms. The Hall–Kier alpha value is -7.20. The Morgan fingerprint density at radius 2 is 0.950 bits per heavy atom. The van der Waals surface area contributed by atoms with E-state index in [9.17, 15) is 29.4 Å². The van der Waals surface area contributed by atoms with Crippen LogP contribution in [0.2, 0.25) is 0 Å². The summed E-state index contributed by atoms with van der Waals surface area (Å²) in [5, 5.41) is 18.6. The predicted molar refractivity (Wildman–Crippen MR) is 226 cm³/mol. The molecule has 2 amide bonds. The number of hydrogen-bond acceptors (Lipinski definition) is 6. The number of benzene rings is 6. The fraction of sp³-hybridized carbons (Fsp3) is 0.200. The number of amides is 2. The number of carbonyl (C=O) groups is 4. The van der Waals surface area contributed by atoms with Crippen LogP contribution < -0.4 is 19.3 Å². The van der Waals surface area contributed by atoms with Crippen molar-refractivity contribution in [2.75, 3.05) is 24.0 Å². The van der Waals surface area contributed by atoms with Crippen LogP contribution in [-0.4, -0.2) is 48.2 Å². The van der Waals surface area contributed by atoms with Crippen molar-refractivity contribution in [1.82, 2.24) is 0 Å². The van der Waals surface area contributed by atoms with E-state index in [1.54, 1.807) is 60.4 Å². The van der Waals surface area contributed by atoms with Crippen LogP contribution in [-0.2, 0) is 33.5 Å². The highest BCUT2D eigenvalue weighted by molar-refractivity contribution is 6.12. The standard InChI is InChI=1S/2C25H21NO4/c2*1-30-19-9-5-7-17(13-19)21-14-25(21)20-10-2-3-11-22(20)26(24(25)29)15-16-6-4-8-18(12-16)23(27)28/h2*2-13,21H,14-15H2,1H3,(H,27,28)/t2*21-,25+/m10/s1. The van der Waals surface area contributed by atoms with Crippen LogP contribution in [0.25, 0.3) is 0 Å². The third-order valence-electron chi connectivity index (χ3n) is 12.5. The maximum absolute atomic E-state index is 13.7. The molecule has 2 fully saturated rings. The topological polar surface area (TPSA) is 134 Å². The molecule has 6 aromatic rings. The Morgan fingerprint density at radius 1 is 0.550 bits per heavy atom. The summed E-state index contributed by atoms with van der Waals surface area (Å²) in [6, 6.07) is 45.3. The Morgan fingerprint density at radius 3 is 1.35 bits per heavy atom. The van der Waals surface area contributed by atoms with E-state index < -0.39 is 22.8 Å². The van der Waals surface area contributed by atoms with Gasteiger partial charge in [-0.15, -0.1) is 0 Å². The smallest absolute Gasteiger partial charge is 0.335 e. The number of carbonyl (C=O) groups excluding carboxylic acids is 2. The second kappa shape index (κ2) is 14.9. The van der Waals surface area contributed by atoms with Gasteiger partial charge in [0.15, 0.2) is 0 Å². The molecule has 2 spiro atoms. The lowest BCUT2D eigenvalue weighted by Gasteiger charge is -2.19. The minimum atomic E-state index is -0.971. The molecule has 4 aliphatic rings. The number of hydrogen-bond donors (Lipinski definition) is 2. The second-order valence-electron chi connectivity index (χ2n) is 15.8. The van der Waals surface area contributed by atoms with E-state index in [1.165, 1.54) is 0 Å². The zero-order chi connectivity index (χ0) is 41.8. The first-order chi connectivity index (χ1) is 29.1. The van der Waals surface area contributed by atoms with Crippen molar-refractivity contribution >= 4 is 35.1 Å². The summed E-state index contributed by atoms with van der Waals surface area (Å²) in [7, 11) is 3.29. The first-order valence-electron chi connectivity index (χ1n) is 19.8. The van der Waals surface area contributed by atoms with Crippen molar-refractivity contribution in [3.8, 4) is 11.5 Å². The number of carboxylic acids is 2. The Kier molecular flexibility index (Phi) is 9.50. The summed E-state index contributed by atoms with van der Waals surface area (Å²) in [4.78, 5) is 53.6. The van der Waals surface area contributed by atoms with Crippen molar-refractivity contribution in [2.45, 2.75) is 48.6 Å². The molecule has 6 aromatic carbocycles. The number of carboxylic acid groups (broad SMARTS) is 2. The fourth-order valence-electron chi connectivity index (χ4n) is 9.50. The largest absolute Gasteiger partial charge is 0.497 e. The molecular formula is C50H42N2O8. The van der Waals surface area contributed by atoms with E-state index in [2.05, 4.69) is 12.1 Å². The van der Waals surface area contributed by atoms with Gasteiger partial charge in [-0.2, -0.15) is 0 Å². The van der Waals surface area contributed by atoms with Gasteiger partial charge in [-0.25, -0.2) is 9.59 Å². The van der Waals surface area contributed by atoms with Crippen molar-refractivity contribution in [2.24, 2.45) is 0 Å². The number of para-hydroxylation sites is 2. The van der Waals surface area contributed by atoms with Crippen molar-refractivity contribution in [3.05, 3.63) is 190 Å². The van der Waals surface area contributed by atoms with Crippen molar-refractivity contribution < 1.29 is 38.9 Å². The highest BCUT2D eigenvalue weighted by Gasteiger charge is 2.68. The molecule has 2 N–H and O–H groups in total. The van der Waals surface area contributed by atoms with Crippen LogP contribution >= 0.6 is 0 Å². The zero-order valence-corrected chi connectivity index (χ0v) is 33.1. The Bertz CT molecular complexity index is 2530. The molecular weight excluding hydrogens is 757 g/mol. The van der Waals surface area contributed by atoms with Gasteiger partial charge in [-0.3, -0.25) is 9.59 Å². The number of aromatic carboxylic acids is 2. The summed E-state index contributed by atoms with van der Waals surface area (Å²) in [5.41, 5.74) is 7.09. The maximum Gasteiger partial charge on any atom is 0.335 e. The summed E-state index contributed by atoms with van der Waals surface area (Å²) >= 11 is 0. The molecule has 10 rings (SSSR count). The number of methoxy groups -OCH3 is 2. The summed E-state index contributed by atoms with van der Waals surface area (Å²) in [5.74, 6) is 0.0115. The van der Waals surface area contributed by atoms with E-state index in [1.807, 2.05) is 97.1 Å². The number of anilines is 2. The average molecular weight is 799 g/mol. The monoisotopic (exact) mass is 798 g/mol. The molecule has 2 aliphatic heterocycles. The van der Waals surface area contributed by atoms with Crippen LogP contribution in [0.1, 0.15) is 78.8 Å². The lowest BCUT2D eigenvalue weighted by Crippen LogP contribution is -2.32. The van der Waals surface area contributed by atoms with Crippen LogP contribution in [0.15, 0.2) is 146 Å². The van der Waals surface area contributed by atoms with Crippen LogP contribution in [0.4, 0.5) is 11.4 Å². The van der Waals surface area contributed by atoms with Gasteiger partial charge in [-0.1, -0.05) is 84.9 Å². The molecule has 0 saturated heterocycles. The van der Waals surface area contributed by atoms with Gasteiger partial charge in [-0.05, 0) is 107 Å². The molecule has 2 aliphatic carbocycles. The molecule has 0 aromatic heterocycles.